The molecule has 0 atom stereocenters. The van der Waals surface area contributed by atoms with Gasteiger partial charge in [0.15, 0.2) is 0 Å². The van der Waals surface area contributed by atoms with Gasteiger partial charge in [-0.2, -0.15) is 0 Å². The average Bonchev–Trinajstić information content (AvgIpc) is 2.38. The van der Waals surface area contributed by atoms with Gasteiger partial charge in [0.05, 0.1) is 5.56 Å². The lowest BCUT2D eigenvalue weighted by Crippen LogP contribution is -2.15. The maximum atomic E-state index is 11.0. The predicted molar refractivity (Wildman–Crippen MR) is 75.0 cm³/mol. The number of hydrogen-bond donors (Lipinski definition) is 3. The van der Waals surface area contributed by atoms with Crippen molar-refractivity contribution in [3.63, 3.8) is 0 Å². The first-order valence-electron chi connectivity index (χ1n) is 6.18. The SMILES string of the molecule is CCNCCCCNSc1ccccc1C(=O)O. The molecular weight excluding hydrogens is 248 g/mol. The zero-order chi connectivity index (χ0) is 13.2. The highest BCUT2D eigenvalue weighted by atomic mass is 32.2. The van der Waals surface area contributed by atoms with Crippen LogP contribution in [0.2, 0.25) is 0 Å². The summed E-state index contributed by atoms with van der Waals surface area (Å²) in [6, 6.07) is 7.03. The molecule has 1 aromatic rings. The lowest BCUT2D eigenvalue weighted by molar-refractivity contribution is 0.0693. The van der Waals surface area contributed by atoms with Gasteiger partial charge in [0.2, 0.25) is 0 Å². The Bertz CT molecular complexity index is 372. The molecule has 0 bridgehead atoms. The molecule has 100 valence electrons. The zero-order valence-electron chi connectivity index (χ0n) is 10.6. The van der Waals surface area contributed by atoms with Crippen LogP contribution in [0.25, 0.3) is 0 Å². The van der Waals surface area contributed by atoms with E-state index in [2.05, 4.69) is 17.0 Å². The Morgan fingerprint density at radius 1 is 1.28 bits per heavy atom. The summed E-state index contributed by atoms with van der Waals surface area (Å²) in [7, 11) is 0. The summed E-state index contributed by atoms with van der Waals surface area (Å²) in [6.07, 6.45) is 2.21. The lowest BCUT2D eigenvalue weighted by Gasteiger charge is -2.07. The van der Waals surface area contributed by atoms with Crippen LogP contribution < -0.4 is 10.0 Å². The number of rotatable bonds is 9. The number of benzene rings is 1. The Morgan fingerprint density at radius 2 is 2.00 bits per heavy atom. The van der Waals surface area contributed by atoms with E-state index in [9.17, 15) is 4.79 Å². The largest absolute Gasteiger partial charge is 0.478 e. The van der Waals surface area contributed by atoms with Crippen molar-refractivity contribution in [1.29, 1.82) is 0 Å². The molecule has 0 aliphatic carbocycles. The Morgan fingerprint density at radius 3 is 2.72 bits per heavy atom. The third kappa shape index (κ3) is 5.53. The minimum Gasteiger partial charge on any atom is -0.478 e. The Balaban J connectivity index is 2.25. The molecule has 0 saturated carbocycles. The van der Waals surface area contributed by atoms with Gasteiger partial charge in [-0.3, -0.25) is 4.72 Å². The van der Waals surface area contributed by atoms with Gasteiger partial charge < -0.3 is 10.4 Å². The topological polar surface area (TPSA) is 61.4 Å². The van der Waals surface area contributed by atoms with Crippen LogP contribution in [-0.4, -0.2) is 30.7 Å². The number of unbranched alkanes of at least 4 members (excludes halogenated alkanes) is 1. The van der Waals surface area contributed by atoms with Gasteiger partial charge in [0, 0.05) is 11.4 Å². The standard InChI is InChI=1S/C13H20N2O2S/c1-2-14-9-5-6-10-15-18-12-8-4-3-7-11(12)13(16)17/h3-4,7-8,14-15H,2,5-6,9-10H2,1H3,(H,16,17). The predicted octanol–water partition coefficient (Wildman–Crippen LogP) is 2.37. The van der Waals surface area contributed by atoms with Crippen LogP contribution in [0.3, 0.4) is 0 Å². The van der Waals surface area contributed by atoms with E-state index in [4.69, 9.17) is 5.11 Å². The third-order valence-electron chi connectivity index (χ3n) is 2.43. The second kappa shape index (κ2) is 8.97. The molecule has 0 aliphatic rings. The van der Waals surface area contributed by atoms with Gasteiger partial charge in [-0.25, -0.2) is 4.79 Å². The smallest absolute Gasteiger partial charge is 0.336 e. The van der Waals surface area contributed by atoms with Gasteiger partial charge in [-0.15, -0.1) is 0 Å². The van der Waals surface area contributed by atoms with Crippen molar-refractivity contribution in [2.45, 2.75) is 24.7 Å². The van der Waals surface area contributed by atoms with Crippen LogP contribution in [0.5, 0.6) is 0 Å². The quantitative estimate of drug-likeness (QED) is 0.474. The van der Waals surface area contributed by atoms with Crippen LogP contribution in [0, 0.1) is 0 Å². The molecule has 1 aromatic carbocycles. The van der Waals surface area contributed by atoms with E-state index >= 15 is 0 Å². The maximum Gasteiger partial charge on any atom is 0.336 e. The number of carboxylic acids is 1. The minimum absolute atomic E-state index is 0.350. The van der Waals surface area contributed by atoms with Gasteiger partial charge in [-0.1, -0.05) is 19.1 Å². The molecule has 0 saturated heterocycles. The zero-order valence-corrected chi connectivity index (χ0v) is 11.4. The van der Waals surface area contributed by atoms with Gasteiger partial charge in [0.1, 0.15) is 0 Å². The summed E-state index contributed by atoms with van der Waals surface area (Å²) >= 11 is 1.39. The first kappa shape index (κ1) is 15.0. The van der Waals surface area contributed by atoms with E-state index in [1.54, 1.807) is 12.1 Å². The molecular formula is C13H20N2O2S. The van der Waals surface area contributed by atoms with Crippen molar-refractivity contribution in [1.82, 2.24) is 10.0 Å². The molecule has 0 aromatic heterocycles. The molecule has 5 heteroatoms. The van der Waals surface area contributed by atoms with Crippen LogP contribution in [0.15, 0.2) is 29.2 Å². The summed E-state index contributed by atoms with van der Waals surface area (Å²) in [5.41, 5.74) is 0.350. The molecule has 18 heavy (non-hydrogen) atoms. The maximum absolute atomic E-state index is 11.0. The van der Waals surface area contributed by atoms with Gasteiger partial charge in [-0.05, 0) is 50.0 Å². The fourth-order valence-corrected chi connectivity index (χ4v) is 2.30. The fraction of sp³-hybridized carbons (Fsp3) is 0.462. The highest BCUT2D eigenvalue weighted by molar-refractivity contribution is 7.97. The van der Waals surface area contributed by atoms with Crippen molar-refractivity contribution in [2.24, 2.45) is 0 Å². The Kier molecular flexibility index (Phi) is 7.48. The molecule has 0 unspecified atom stereocenters. The van der Waals surface area contributed by atoms with E-state index in [1.807, 2.05) is 12.1 Å². The molecule has 0 fully saturated rings. The number of carbonyl (C=O) groups is 1. The number of hydrogen-bond acceptors (Lipinski definition) is 4. The molecule has 0 radical (unpaired) electrons. The van der Waals surface area contributed by atoms with Gasteiger partial charge in [0.25, 0.3) is 0 Å². The van der Waals surface area contributed by atoms with Gasteiger partial charge >= 0.3 is 5.97 Å². The molecule has 0 heterocycles. The van der Waals surface area contributed by atoms with Crippen LogP contribution in [-0.2, 0) is 0 Å². The molecule has 3 N–H and O–H groups in total. The van der Waals surface area contributed by atoms with Crippen LogP contribution >= 0.6 is 11.9 Å². The summed E-state index contributed by atoms with van der Waals surface area (Å²) in [6.45, 7) is 5.02. The van der Waals surface area contributed by atoms with Crippen molar-refractivity contribution in [3.8, 4) is 0 Å². The number of nitrogens with one attached hydrogen (secondary N) is 2. The highest BCUT2D eigenvalue weighted by Gasteiger charge is 2.08. The normalized spacial score (nSPS) is 10.5. The molecule has 4 nitrogen and oxygen atoms in total. The summed E-state index contributed by atoms with van der Waals surface area (Å²) in [5, 5.41) is 12.3. The molecule has 0 amide bonds. The molecule has 1 rings (SSSR count). The van der Waals surface area contributed by atoms with Crippen LogP contribution in [0.4, 0.5) is 0 Å². The van der Waals surface area contributed by atoms with E-state index < -0.39 is 5.97 Å². The minimum atomic E-state index is -0.882. The third-order valence-corrected chi connectivity index (χ3v) is 3.36. The summed E-state index contributed by atoms with van der Waals surface area (Å²) < 4.78 is 3.20. The van der Waals surface area contributed by atoms with E-state index in [0.29, 0.717) is 5.56 Å². The fourth-order valence-electron chi connectivity index (χ4n) is 1.49. The summed E-state index contributed by atoms with van der Waals surface area (Å²) in [4.78, 5) is 11.7. The van der Waals surface area contributed by atoms with Crippen molar-refractivity contribution < 1.29 is 9.90 Å². The first-order chi connectivity index (χ1) is 8.75. The number of carboxylic acid groups (broad SMARTS) is 1. The monoisotopic (exact) mass is 268 g/mol. The van der Waals surface area contributed by atoms with Crippen molar-refractivity contribution in [2.75, 3.05) is 19.6 Å². The second-order valence-corrected chi connectivity index (χ2v) is 4.79. The van der Waals surface area contributed by atoms with Crippen LogP contribution in [0.1, 0.15) is 30.1 Å². The Labute approximate surface area is 112 Å². The molecule has 0 aliphatic heterocycles. The first-order valence-corrected chi connectivity index (χ1v) is 7.00. The van der Waals surface area contributed by atoms with Crippen molar-refractivity contribution >= 4 is 17.9 Å². The second-order valence-electron chi connectivity index (χ2n) is 3.86. The van der Waals surface area contributed by atoms with E-state index in [0.717, 1.165) is 37.4 Å². The molecule has 0 spiro atoms. The lowest BCUT2D eigenvalue weighted by atomic mass is 10.2. The summed E-state index contributed by atoms with van der Waals surface area (Å²) in [5.74, 6) is -0.882. The van der Waals surface area contributed by atoms with Crippen molar-refractivity contribution in [3.05, 3.63) is 29.8 Å². The van der Waals surface area contributed by atoms with E-state index in [1.165, 1.54) is 11.9 Å². The average molecular weight is 268 g/mol. The van der Waals surface area contributed by atoms with E-state index in [-0.39, 0.29) is 0 Å². The highest BCUT2D eigenvalue weighted by Crippen LogP contribution is 2.19. The number of aromatic carboxylic acids is 1. The Hall–Kier alpha value is -1.04.